The maximum absolute atomic E-state index is 12.3. The van der Waals surface area contributed by atoms with Crippen molar-refractivity contribution in [1.82, 2.24) is 0 Å². The monoisotopic (exact) mass is 614 g/mol. The van der Waals surface area contributed by atoms with Crippen molar-refractivity contribution in [1.29, 1.82) is 0 Å². The van der Waals surface area contributed by atoms with Crippen molar-refractivity contribution < 1.29 is 52.8 Å². The van der Waals surface area contributed by atoms with Crippen LogP contribution in [-0.2, 0) is 28.6 Å². The van der Waals surface area contributed by atoms with Gasteiger partial charge in [0.05, 0.1) is 24.3 Å². The summed E-state index contributed by atoms with van der Waals surface area (Å²) in [6, 6.07) is 12.3. The maximum atomic E-state index is 12.3. The third kappa shape index (κ3) is 13.7. The topological polar surface area (TPSA) is 152 Å². The minimum absolute atomic E-state index is 0.114. The number of carboxylic acids is 1. The van der Waals surface area contributed by atoms with Crippen LogP contribution in [0.5, 0.6) is 11.5 Å². The fourth-order valence-electron chi connectivity index (χ4n) is 4.28. The smallest absolute Gasteiger partial charge is 0.392 e. The molecule has 0 saturated heterocycles. The second-order valence-electron chi connectivity index (χ2n) is 10.4. The predicted molar refractivity (Wildman–Crippen MR) is 159 cm³/mol. The molecule has 240 valence electrons. The summed E-state index contributed by atoms with van der Waals surface area (Å²) < 4.78 is 25.9. The lowest BCUT2D eigenvalue weighted by Crippen LogP contribution is -2.45. The number of esters is 4. The molecule has 11 heteroatoms. The minimum atomic E-state index is -2.07. The number of carboxylic acid groups (broad SMARTS) is 1. The van der Waals surface area contributed by atoms with Crippen LogP contribution < -0.4 is 9.47 Å². The number of rotatable bonds is 20. The van der Waals surface area contributed by atoms with E-state index in [1.165, 1.54) is 31.2 Å². The van der Waals surface area contributed by atoms with Gasteiger partial charge in [-0.1, -0.05) is 51.4 Å². The first-order valence-electron chi connectivity index (χ1n) is 14.8. The van der Waals surface area contributed by atoms with Crippen LogP contribution in [0.15, 0.2) is 48.5 Å². The third-order valence-electron chi connectivity index (χ3n) is 6.49. The first kappa shape index (κ1) is 35.8. The molecule has 0 spiro atoms. The van der Waals surface area contributed by atoms with Gasteiger partial charge in [0, 0.05) is 20.8 Å². The Labute approximate surface area is 257 Å². The Morgan fingerprint density at radius 2 is 1.05 bits per heavy atom. The quantitative estimate of drug-likeness (QED) is 0.0777. The Morgan fingerprint density at radius 3 is 1.52 bits per heavy atom. The van der Waals surface area contributed by atoms with Crippen LogP contribution in [-0.4, -0.2) is 54.0 Å². The van der Waals surface area contributed by atoms with E-state index >= 15 is 0 Å². The van der Waals surface area contributed by atoms with Crippen LogP contribution >= 0.6 is 0 Å². The molecule has 0 unspecified atom stereocenters. The van der Waals surface area contributed by atoms with Gasteiger partial charge in [-0.25, -0.2) is 14.4 Å². The van der Waals surface area contributed by atoms with E-state index in [0.29, 0.717) is 24.3 Å². The third-order valence-corrected chi connectivity index (χ3v) is 6.49. The lowest BCUT2D eigenvalue weighted by Gasteiger charge is -2.25. The van der Waals surface area contributed by atoms with Crippen LogP contribution in [0, 0.1) is 0 Å². The van der Waals surface area contributed by atoms with E-state index in [4.69, 9.17) is 28.8 Å². The molecule has 0 aliphatic heterocycles. The van der Waals surface area contributed by atoms with Crippen LogP contribution in [0.4, 0.5) is 0 Å². The summed E-state index contributed by atoms with van der Waals surface area (Å²) >= 11 is 0. The molecule has 2 aromatic carbocycles. The van der Waals surface area contributed by atoms with Crippen LogP contribution in [0.1, 0.15) is 106 Å². The molecule has 11 nitrogen and oxygen atoms in total. The summed E-state index contributed by atoms with van der Waals surface area (Å²) in [7, 11) is 0. The van der Waals surface area contributed by atoms with Crippen molar-refractivity contribution in [2.75, 3.05) is 13.2 Å². The highest BCUT2D eigenvalue weighted by Gasteiger charge is 2.42. The SMILES string of the molecule is CC(=O)OC(C)(OC(C)=O)C(=O)OCCCCCCCCCCCCOc1ccc(C(=O)Oc2ccc(C(=O)O)cc2)cc1. The summed E-state index contributed by atoms with van der Waals surface area (Å²) in [4.78, 5) is 57.9. The largest absolute Gasteiger partial charge is 0.494 e. The van der Waals surface area contributed by atoms with E-state index < -0.39 is 35.6 Å². The highest BCUT2D eigenvalue weighted by atomic mass is 16.8. The molecule has 0 amide bonds. The minimum Gasteiger partial charge on any atom is -0.494 e. The highest BCUT2D eigenvalue weighted by molar-refractivity contribution is 5.91. The highest BCUT2D eigenvalue weighted by Crippen LogP contribution is 2.19. The second kappa shape index (κ2) is 19.0. The Balaban J connectivity index is 1.47. The number of benzene rings is 2. The van der Waals surface area contributed by atoms with E-state index in [1.54, 1.807) is 24.3 Å². The van der Waals surface area contributed by atoms with E-state index in [1.807, 2.05) is 0 Å². The molecular formula is C33H42O11. The second-order valence-corrected chi connectivity index (χ2v) is 10.4. The number of hydrogen-bond donors (Lipinski definition) is 1. The molecule has 0 heterocycles. The first-order valence-corrected chi connectivity index (χ1v) is 14.8. The molecule has 0 fully saturated rings. The number of carbonyl (C=O) groups is 5. The Hall–Kier alpha value is -4.41. The molecule has 0 saturated carbocycles. The summed E-state index contributed by atoms with van der Waals surface area (Å²) in [6.07, 6.45) is 10.2. The predicted octanol–water partition coefficient (Wildman–Crippen LogP) is 6.27. The van der Waals surface area contributed by atoms with E-state index in [9.17, 15) is 24.0 Å². The van der Waals surface area contributed by atoms with Crippen LogP contribution in [0.3, 0.4) is 0 Å². The number of unbranched alkanes of at least 4 members (excludes halogenated alkanes) is 9. The lowest BCUT2D eigenvalue weighted by molar-refractivity contribution is -0.232. The Morgan fingerprint density at radius 1 is 0.614 bits per heavy atom. The molecule has 0 atom stereocenters. The average Bonchev–Trinajstić information content (AvgIpc) is 2.96. The van der Waals surface area contributed by atoms with E-state index in [-0.39, 0.29) is 17.9 Å². The van der Waals surface area contributed by atoms with Crippen molar-refractivity contribution in [2.45, 2.75) is 90.8 Å². The Kier molecular flexibility index (Phi) is 15.4. The zero-order valence-electron chi connectivity index (χ0n) is 25.6. The van der Waals surface area contributed by atoms with Gasteiger partial charge in [0.1, 0.15) is 11.5 Å². The lowest BCUT2D eigenvalue weighted by atomic mass is 10.1. The van der Waals surface area contributed by atoms with Crippen molar-refractivity contribution in [3.63, 3.8) is 0 Å². The molecule has 2 aromatic rings. The van der Waals surface area contributed by atoms with Crippen molar-refractivity contribution in [2.24, 2.45) is 0 Å². The molecule has 0 aliphatic carbocycles. The van der Waals surface area contributed by atoms with Gasteiger partial charge in [0.25, 0.3) is 0 Å². The summed E-state index contributed by atoms with van der Waals surface area (Å²) in [5.41, 5.74) is 0.478. The number of carbonyl (C=O) groups excluding carboxylic acids is 4. The zero-order chi connectivity index (χ0) is 32.4. The van der Waals surface area contributed by atoms with Crippen LogP contribution in [0.25, 0.3) is 0 Å². The number of ether oxygens (including phenoxy) is 5. The van der Waals surface area contributed by atoms with Crippen molar-refractivity contribution in [3.8, 4) is 11.5 Å². The van der Waals surface area contributed by atoms with E-state index in [2.05, 4.69) is 0 Å². The standard InChI is InChI=1S/C33H42O11/c1-24(34)43-33(3,44-25(2)35)32(39)41-23-13-11-9-7-5-4-6-8-10-12-22-40-28-18-16-27(17-19-28)31(38)42-29-20-14-26(15-21-29)30(36)37/h14-21H,4-13,22-23H2,1-3H3,(H,36,37). The fourth-order valence-corrected chi connectivity index (χ4v) is 4.28. The molecule has 2 rings (SSSR count). The first-order chi connectivity index (χ1) is 21.0. The van der Waals surface area contributed by atoms with Gasteiger partial charge in [-0.15, -0.1) is 0 Å². The van der Waals surface area contributed by atoms with Gasteiger partial charge in [-0.3, -0.25) is 9.59 Å². The molecule has 1 N–H and O–H groups in total. The normalized spacial score (nSPS) is 10.9. The average molecular weight is 615 g/mol. The van der Waals surface area contributed by atoms with Crippen LogP contribution in [0.2, 0.25) is 0 Å². The van der Waals surface area contributed by atoms with Gasteiger partial charge in [-0.2, -0.15) is 0 Å². The van der Waals surface area contributed by atoms with E-state index in [0.717, 1.165) is 71.6 Å². The summed E-state index contributed by atoms with van der Waals surface area (Å²) in [5.74, 6) is -5.14. The van der Waals surface area contributed by atoms with Gasteiger partial charge in [-0.05, 0) is 61.4 Å². The molecular weight excluding hydrogens is 572 g/mol. The van der Waals surface area contributed by atoms with Gasteiger partial charge in [0.2, 0.25) is 0 Å². The molecule has 44 heavy (non-hydrogen) atoms. The number of aromatic carboxylic acids is 1. The fraction of sp³-hybridized carbons (Fsp3) is 0.485. The molecule has 0 aliphatic rings. The molecule has 0 aromatic heterocycles. The van der Waals surface area contributed by atoms with Crippen molar-refractivity contribution >= 4 is 29.8 Å². The number of hydrogen-bond acceptors (Lipinski definition) is 10. The Bertz CT molecular complexity index is 1200. The van der Waals surface area contributed by atoms with Gasteiger partial charge < -0.3 is 28.8 Å². The summed E-state index contributed by atoms with van der Waals surface area (Å²) in [5, 5.41) is 8.94. The summed E-state index contributed by atoms with van der Waals surface area (Å²) in [6.45, 7) is 4.16. The molecule has 0 radical (unpaired) electrons. The van der Waals surface area contributed by atoms with Gasteiger partial charge in [0.15, 0.2) is 0 Å². The van der Waals surface area contributed by atoms with Crippen molar-refractivity contribution in [3.05, 3.63) is 59.7 Å². The molecule has 0 bridgehead atoms. The van der Waals surface area contributed by atoms with Gasteiger partial charge >= 0.3 is 35.6 Å². The zero-order valence-corrected chi connectivity index (χ0v) is 25.6. The maximum Gasteiger partial charge on any atom is 0.392 e.